The smallest absolute Gasteiger partial charge is 0.00670 e. The third kappa shape index (κ3) is 4.36. The molecule has 1 aliphatic carbocycles. The van der Waals surface area contributed by atoms with E-state index in [0.717, 1.165) is 6.04 Å². The third-order valence-electron chi connectivity index (χ3n) is 2.56. The Labute approximate surface area is 80.7 Å². The van der Waals surface area contributed by atoms with Gasteiger partial charge in [-0.15, -0.1) is 0 Å². The van der Waals surface area contributed by atoms with E-state index in [2.05, 4.69) is 11.6 Å². The minimum Gasteiger partial charge on any atom is -0.314 e. The molecule has 1 rings (SSSR count). The molecule has 0 aromatic carbocycles. The molecule has 0 atom stereocenters. The summed E-state index contributed by atoms with van der Waals surface area (Å²) in [5, 5.41) is 3.59. The standard InChI is InChI=1S/C10H21NS/c1-12-9-4-2-3-8-11-10-6-5-7-10/h10-11H,2-9H2,1H3. The quantitative estimate of drug-likeness (QED) is 0.615. The zero-order valence-electron chi connectivity index (χ0n) is 8.14. The van der Waals surface area contributed by atoms with Gasteiger partial charge in [0.15, 0.2) is 0 Å². The van der Waals surface area contributed by atoms with Crippen molar-refractivity contribution in [3.8, 4) is 0 Å². The maximum atomic E-state index is 3.59. The highest BCUT2D eigenvalue weighted by Crippen LogP contribution is 2.17. The number of hydrogen-bond donors (Lipinski definition) is 1. The first kappa shape index (κ1) is 10.4. The predicted molar refractivity (Wildman–Crippen MR) is 57.9 cm³/mol. The van der Waals surface area contributed by atoms with E-state index < -0.39 is 0 Å². The lowest BCUT2D eigenvalue weighted by Gasteiger charge is -2.26. The summed E-state index contributed by atoms with van der Waals surface area (Å²) in [6.07, 6.45) is 10.7. The van der Waals surface area contributed by atoms with Crippen LogP contribution < -0.4 is 5.32 Å². The Morgan fingerprint density at radius 2 is 2.08 bits per heavy atom. The van der Waals surface area contributed by atoms with Crippen LogP contribution in [0.1, 0.15) is 38.5 Å². The lowest BCUT2D eigenvalue weighted by Crippen LogP contribution is -2.35. The van der Waals surface area contributed by atoms with Gasteiger partial charge in [0.1, 0.15) is 0 Å². The molecule has 0 radical (unpaired) electrons. The van der Waals surface area contributed by atoms with Gasteiger partial charge in [0.05, 0.1) is 0 Å². The van der Waals surface area contributed by atoms with Crippen LogP contribution in [0, 0.1) is 0 Å². The normalized spacial score (nSPS) is 17.8. The van der Waals surface area contributed by atoms with Crippen molar-refractivity contribution in [3.63, 3.8) is 0 Å². The van der Waals surface area contributed by atoms with Gasteiger partial charge >= 0.3 is 0 Å². The van der Waals surface area contributed by atoms with Gasteiger partial charge in [0.25, 0.3) is 0 Å². The minimum absolute atomic E-state index is 0.880. The topological polar surface area (TPSA) is 12.0 Å². The number of hydrogen-bond acceptors (Lipinski definition) is 2. The minimum atomic E-state index is 0.880. The first-order valence-electron chi connectivity index (χ1n) is 5.16. The summed E-state index contributed by atoms with van der Waals surface area (Å²) in [5.41, 5.74) is 0. The Hall–Kier alpha value is 0.310. The van der Waals surface area contributed by atoms with Crippen LogP contribution in [0.25, 0.3) is 0 Å². The van der Waals surface area contributed by atoms with Crippen LogP contribution in [0.2, 0.25) is 0 Å². The van der Waals surface area contributed by atoms with Crippen molar-refractivity contribution in [3.05, 3.63) is 0 Å². The van der Waals surface area contributed by atoms with Crippen LogP contribution in [0.15, 0.2) is 0 Å². The highest BCUT2D eigenvalue weighted by atomic mass is 32.2. The predicted octanol–water partition coefficient (Wildman–Crippen LogP) is 2.66. The van der Waals surface area contributed by atoms with E-state index in [1.165, 1.54) is 50.8 Å². The Morgan fingerprint density at radius 3 is 2.67 bits per heavy atom. The fourth-order valence-corrected chi connectivity index (χ4v) is 1.96. The summed E-state index contributed by atoms with van der Waals surface area (Å²) in [7, 11) is 0. The molecule has 0 unspecified atom stereocenters. The summed E-state index contributed by atoms with van der Waals surface area (Å²) in [6, 6.07) is 0.880. The average Bonchev–Trinajstić information content (AvgIpc) is 2.00. The first-order valence-corrected chi connectivity index (χ1v) is 6.55. The van der Waals surface area contributed by atoms with Crippen molar-refractivity contribution in [1.82, 2.24) is 5.32 Å². The van der Waals surface area contributed by atoms with Crippen molar-refractivity contribution in [2.45, 2.75) is 44.6 Å². The number of thioether (sulfide) groups is 1. The van der Waals surface area contributed by atoms with Crippen molar-refractivity contribution < 1.29 is 0 Å². The Balaban J connectivity index is 1.70. The second-order valence-electron chi connectivity index (χ2n) is 3.64. The molecule has 1 nitrogen and oxygen atoms in total. The van der Waals surface area contributed by atoms with Gasteiger partial charge in [-0.25, -0.2) is 0 Å². The second-order valence-corrected chi connectivity index (χ2v) is 4.62. The maximum absolute atomic E-state index is 3.59. The molecule has 0 aromatic rings. The largest absolute Gasteiger partial charge is 0.314 e. The molecule has 0 amide bonds. The van der Waals surface area contributed by atoms with E-state index in [1.807, 2.05) is 11.8 Å². The molecule has 2 heteroatoms. The van der Waals surface area contributed by atoms with Crippen molar-refractivity contribution in [2.24, 2.45) is 0 Å². The Morgan fingerprint density at radius 1 is 1.25 bits per heavy atom. The zero-order valence-corrected chi connectivity index (χ0v) is 8.96. The monoisotopic (exact) mass is 187 g/mol. The highest BCUT2D eigenvalue weighted by molar-refractivity contribution is 7.98. The van der Waals surface area contributed by atoms with E-state index in [-0.39, 0.29) is 0 Å². The van der Waals surface area contributed by atoms with Gasteiger partial charge in [-0.05, 0) is 44.2 Å². The molecular formula is C10H21NS. The van der Waals surface area contributed by atoms with Gasteiger partial charge in [-0.2, -0.15) is 11.8 Å². The fourth-order valence-electron chi connectivity index (χ4n) is 1.47. The molecule has 0 aromatic heterocycles. The van der Waals surface area contributed by atoms with Gasteiger partial charge < -0.3 is 5.32 Å². The highest BCUT2D eigenvalue weighted by Gasteiger charge is 2.15. The Kier molecular flexibility index (Phi) is 5.88. The lowest BCUT2D eigenvalue weighted by atomic mass is 9.93. The molecule has 0 heterocycles. The van der Waals surface area contributed by atoms with E-state index in [0.29, 0.717) is 0 Å². The van der Waals surface area contributed by atoms with Gasteiger partial charge in [-0.1, -0.05) is 12.8 Å². The van der Waals surface area contributed by atoms with Crippen molar-refractivity contribution in [2.75, 3.05) is 18.6 Å². The number of rotatable bonds is 7. The van der Waals surface area contributed by atoms with Crippen LogP contribution >= 0.6 is 11.8 Å². The SMILES string of the molecule is CSCCCCCNC1CCC1. The summed E-state index contributed by atoms with van der Waals surface area (Å²) < 4.78 is 0. The summed E-state index contributed by atoms with van der Waals surface area (Å²) in [4.78, 5) is 0. The zero-order chi connectivity index (χ0) is 8.65. The van der Waals surface area contributed by atoms with Crippen molar-refractivity contribution >= 4 is 11.8 Å². The number of nitrogens with one attached hydrogen (secondary N) is 1. The molecule has 72 valence electrons. The molecule has 0 saturated heterocycles. The average molecular weight is 187 g/mol. The van der Waals surface area contributed by atoms with Gasteiger partial charge in [0, 0.05) is 6.04 Å². The summed E-state index contributed by atoms with van der Waals surface area (Å²) in [6.45, 7) is 1.25. The third-order valence-corrected chi connectivity index (χ3v) is 3.26. The molecule has 0 spiro atoms. The maximum Gasteiger partial charge on any atom is 0.00670 e. The summed E-state index contributed by atoms with van der Waals surface area (Å²) in [5.74, 6) is 1.34. The molecular weight excluding hydrogens is 166 g/mol. The lowest BCUT2D eigenvalue weighted by molar-refractivity contribution is 0.337. The van der Waals surface area contributed by atoms with E-state index in [4.69, 9.17) is 0 Å². The fraction of sp³-hybridized carbons (Fsp3) is 1.00. The Bertz CT molecular complexity index is 102. The van der Waals surface area contributed by atoms with Gasteiger partial charge in [-0.3, -0.25) is 0 Å². The number of unbranched alkanes of at least 4 members (excludes halogenated alkanes) is 2. The second kappa shape index (κ2) is 6.79. The molecule has 1 saturated carbocycles. The molecule has 1 fully saturated rings. The van der Waals surface area contributed by atoms with Crippen LogP contribution in [-0.2, 0) is 0 Å². The molecule has 0 bridgehead atoms. The molecule has 12 heavy (non-hydrogen) atoms. The molecule has 0 aliphatic heterocycles. The van der Waals surface area contributed by atoms with E-state index >= 15 is 0 Å². The van der Waals surface area contributed by atoms with E-state index in [1.54, 1.807) is 0 Å². The van der Waals surface area contributed by atoms with Crippen LogP contribution in [0.5, 0.6) is 0 Å². The van der Waals surface area contributed by atoms with E-state index in [9.17, 15) is 0 Å². The van der Waals surface area contributed by atoms with Crippen molar-refractivity contribution in [1.29, 1.82) is 0 Å². The van der Waals surface area contributed by atoms with Gasteiger partial charge in [0.2, 0.25) is 0 Å². The summed E-state index contributed by atoms with van der Waals surface area (Å²) >= 11 is 1.96. The molecule has 1 aliphatic rings. The van der Waals surface area contributed by atoms with Crippen LogP contribution in [0.4, 0.5) is 0 Å². The first-order chi connectivity index (χ1) is 5.93. The molecule has 1 N–H and O–H groups in total. The van der Waals surface area contributed by atoms with Crippen LogP contribution in [-0.4, -0.2) is 24.6 Å². The van der Waals surface area contributed by atoms with Crippen LogP contribution in [0.3, 0.4) is 0 Å².